The molecule has 1 saturated heterocycles. The minimum absolute atomic E-state index is 0.0926. The molecule has 0 unspecified atom stereocenters. The number of β-amino-alcohol motifs (C(OH)–C–C–N with tert-alkyl or cyclic N) is 1. The molecule has 12 heavy (non-hydrogen) atoms. The second-order valence-corrected chi connectivity index (χ2v) is 3.36. The second-order valence-electron chi connectivity index (χ2n) is 3.36. The lowest BCUT2D eigenvalue weighted by Crippen LogP contribution is -2.35. The Bertz CT molecular complexity index is 196. The van der Waals surface area contributed by atoms with Gasteiger partial charge < -0.3 is 15.3 Å². The molecular formula is C7H13NO4. The van der Waals surface area contributed by atoms with Crippen LogP contribution < -0.4 is 0 Å². The minimum atomic E-state index is -1.24. The van der Waals surface area contributed by atoms with Crippen LogP contribution in [0.25, 0.3) is 0 Å². The SMILES string of the molecule is CN1C[C@@](O)(CO)C[C@H]1C(=O)O. The third kappa shape index (κ3) is 1.57. The third-order valence-corrected chi connectivity index (χ3v) is 2.23. The van der Waals surface area contributed by atoms with E-state index in [0.717, 1.165) is 0 Å². The van der Waals surface area contributed by atoms with Gasteiger partial charge in [0, 0.05) is 13.0 Å². The van der Waals surface area contributed by atoms with Gasteiger partial charge in [-0.2, -0.15) is 0 Å². The van der Waals surface area contributed by atoms with Gasteiger partial charge in [0.15, 0.2) is 0 Å². The summed E-state index contributed by atoms with van der Waals surface area (Å²) in [7, 11) is 1.62. The minimum Gasteiger partial charge on any atom is -0.480 e. The Labute approximate surface area is 70.2 Å². The molecule has 0 radical (unpaired) electrons. The normalized spacial score (nSPS) is 37.1. The summed E-state index contributed by atoms with van der Waals surface area (Å²) in [5.74, 6) is -0.957. The highest BCUT2D eigenvalue weighted by Crippen LogP contribution is 2.25. The first kappa shape index (κ1) is 9.44. The zero-order chi connectivity index (χ0) is 9.35. The fraction of sp³-hybridized carbons (Fsp3) is 0.857. The molecule has 0 amide bonds. The number of carbonyl (C=O) groups is 1. The molecule has 1 heterocycles. The first-order chi connectivity index (χ1) is 5.48. The summed E-state index contributed by atoms with van der Waals surface area (Å²) in [5.41, 5.74) is -1.24. The van der Waals surface area contributed by atoms with Crippen LogP contribution in [0, 0.1) is 0 Å². The van der Waals surface area contributed by atoms with Crippen LogP contribution in [0.4, 0.5) is 0 Å². The lowest BCUT2D eigenvalue weighted by atomic mass is 10.0. The summed E-state index contributed by atoms with van der Waals surface area (Å²) in [6, 6.07) is -0.679. The number of aliphatic hydroxyl groups excluding tert-OH is 1. The van der Waals surface area contributed by atoms with E-state index in [0.29, 0.717) is 0 Å². The Morgan fingerprint density at radius 3 is 2.58 bits per heavy atom. The van der Waals surface area contributed by atoms with Crippen molar-refractivity contribution in [3.8, 4) is 0 Å². The largest absolute Gasteiger partial charge is 0.480 e. The van der Waals surface area contributed by atoms with E-state index >= 15 is 0 Å². The molecule has 0 saturated carbocycles. The number of nitrogens with zero attached hydrogens (tertiary/aromatic N) is 1. The van der Waals surface area contributed by atoms with Gasteiger partial charge in [-0.1, -0.05) is 0 Å². The number of aliphatic carboxylic acids is 1. The first-order valence-electron chi connectivity index (χ1n) is 3.75. The standard InChI is InChI=1S/C7H13NO4/c1-8-3-7(12,4-9)2-5(8)6(10)11/h5,9,12H,2-4H2,1H3,(H,10,11)/t5-,7+/m0/s1. The molecule has 70 valence electrons. The molecule has 0 bridgehead atoms. The molecule has 0 spiro atoms. The van der Waals surface area contributed by atoms with Crippen LogP contribution in [0.2, 0.25) is 0 Å². The van der Waals surface area contributed by atoms with Crippen molar-refractivity contribution in [3.05, 3.63) is 0 Å². The summed E-state index contributed by atoms with van der Waals surface area (Å²) in [6.45, 7) is -0.179. The highest BCUT2D eigenvalue weighted by molar-refractivity contribution is 5.74. The maximum Gasteiger partial charge on any atom is 0.321 e. The zero-order valence-electron chi connectivity index (χ0n) is 6.90. The number of carboxylic acids is 1. The van der Waals surface area contributed by atoms with E-state index in [2.05, 4.69) is 0 Å². The summed E-state index contributed by atoms with van der Waals surface area (Å²) < 4.78 is 0. The topological polar surface area (TPSA) is 81.0 Å². The van der Waals surface area contributed by atoms with Crippen LogP contribution in [0.3, 0.4) is 0 Å². The van der Waals surface area contributed by atoms with Crippen LogP contribution >= 0.6 is 0 Å². The van der Waals surface area contributed by atoms with Gasteiger partial charge in [-0.05, 0) is 7.05 Å². The van der Waals surface area contributed by atoms with Crippen LogP contribution in [-0.2, 0) is 4.79 Å². The van der Waals surface area contributed by atoms with Gasteiger partial charge in [0.25, 0.3) is 0 Å². The van der Waals surface area contributed by atoms with Crippen LogP contribution in [0.1, 0.15) is 6.42 Å². The molecule has 0 aliphatic carbocycles. The van der Waals surface area contributed by atoms with Crippen molar-refractivity contribution in [2.45, 2.75) is 18.1 Å². The Balaban J connectivity index is 2.68. The number of hydrogen-bond donors (Lipinski definition) is 3. The maximum atomic E-state index is 10.6. The Morgan fingerprint density at radius 2 is 2.33 bits per heavy atom. The van der Waals surface area contributed by atoms with Gasteiger partial charge in [0.1, 0.15) is 11.6 Å². The monoisotopic (exact) mass is 175 g/mol. The van der Waals surface area contributed by atoms with Gasteiger partial charge in [-0.3, -0.25) is 9.69 Å². The Morgan fingerprint density at radius 1 is 1.75 bits per heavy atom. The van der Waals surface area contributed by atoms with Gasteiger partial charge in [-0.25, -0.2) is 0 Å². The fourth-order valence-corrected chi connectivity index (χ4v) is 1.55. The van der Waals surface area contributed by atoms with E-state index in [-0.39, 0.29) is 19.6 Å². The maximum absolute atomic E-state index is 10.6. The average molecular weight is 175 g/mol. The molecule has 5 nitrogen and oxygen atoms in total. The number of carboxylic acid groups (broad SMARTS) is 1. The third-order valence-electron chi connectivity index (χ3n) is 2.23. The van der Waals surface area contributed by atoms with Crippen molar-refractivity contribution in [3.63, 3.8) is 0 Å². The van der Waals surface area contributed by atoms with Crippen LogP contribution in [0.5, 0.6) is 0 Å². The Kier molecular flexibility index (Phi) is 2.36. The molecule has 0 aromatic carbocycles. The van der Waals surface area contributed by atoms with Gasteiger partial charge in [-0.15, -0.1) is 0 Å². The van der Waals surface area contributed by atoms with Crippen molar-refractivity contribution in [2.75, 3.05) is 20.2 Å². The van der Waals surface area contributed by atoms with Gasteiger partial charge in [0.05, 0.1) is 6.61 Å². The molecule has 2 atom stereocenters. The molecule has 1 fully saturated rings. The number of rotatable bonds is 2. The summed E-state index contributed by atoms with van der Waals surface area (Å²) in [5, 5.41) is 27.0. The van der Waals surface area contributed by atoms with E-state index in [1.54, 1.807) is 7.05 Å². The predicted molar refractivity (Wildman–Crippen MR) is 40.7 cm³/mol. The number of likely N-dealkylation sites (tertiary alicyclic amines) is 1. The number of hydrogen-bond acceptors (Lipinski definition) is 4. The van der Waals surface area contributed by atoms with Crippen LogP contribution in [-0.4, -0.2) is 58.0 Å². The quantitative estimate of drug-likeness (QED) is 0.476. The second kappa shape index (κ2) is 3.01. The molecule has 1 aliphatic rings. The highest BCUT2D eigenvalue weighted by Gasteiger charge is 2.43. The summed E-state index contributed by atoms with van der Waals surface area (Å²) in [6.07, 6.45) is 0.0926. The Hall–Kier alpha value is -0.650. The predicted octanol–water partition coefficient (Wildman–Crippen LogP) is -1.50. The zero-order valence-corrected chi connectivity index (χ0v) is 6.90. The highest BCUT2D eigenvalue weighted by atomic mass is 16.4. The molecule has 0 aromatic heterocycles. The smallest absolute Gasteiger partial charge is 0.321 e. The molecule has 1 aliphatic heterocycles. The van der Waals surface area contributed by atoms with E-state index in [4.69, 9.17) is 10.2 Å². The first-order valence-corrected chi connectivity index (χ1v) is 3.75. The van der Waals surface area contributed by atoms with Crippen molar-refractivity contribution in [2.24, 2.45) is 0 Å². The molecule has 0 aromatic rings. The van der Waals surface area contributed by atoms with Gasteiger partial charge >= 0.3 is 5.97 Å². The molecular weight excluding hydrogens is 162 g/mol. The van der Waals surface area contributed by atoms with E-state index in [1.807, 2.05) is 0 Å². The molecule has 3 N–H and O–H groups in total. The summed E-state index contributed by atoms with van der Waals surface area (Å²) >= 11 is 0. The molecule has 5 heteroatoms. The van der Waals surface area contributed by atoms with E-state index in [1.165, 1.54) is 4.90 Å². The van der Waals surface area contributed by atoms with Crippen molar-refractivity contribution < 1.29 is 20.1 Å². The van der Waals surface area contributed by atoms with Crippen molar-refractivity contribution >= 4 is 5.97 Å². The average Bonchev–Trinajstić information content (AvgIpc) is 2.28. The molecule has 1 rings (SSSR count). The number of aliphatic hydroxyl groups is 2. The van der Waals surface area contributed by atoms with E-state index in [9.17, 15) is 9.90 Å². The number of likely N-dealkylation sites (N-methyl/N-ethyl adjacent to an activating group) is 1. The van der Waals surface area contributed by atoms with Crippen molar-refractivity contribution in [1.82, 2.24) is 4.90 Å². The lowest BCUT2D eigenvalue weighted by molar-refractivity contribution is -0.141. The fourth-order valence-electron chi connectivity index (χ4n) is 1.55. The lowest BCUT2D eigenvalue weighted by Gasteiger charge is -2.17. The van der Waals surface area contributed by atoms with Crippen LogP contribution in [0.15, 0.2) is 0 Å². The van der Waals surface area contributed by atoms with Gasteiger partial charge in [0.2, 0.25) is 0 Å². The van der Waals surface area contributed by atoms with E-state index < -0.39 is 17.6 Å². The van der Waals surface area contributed by atoms with Crippen molar-refractivity contribution in [1.29, 1.82) is 0 Å². The summed E-state index contributed by atoms with van der Waals surface area (Å²) in [4.78, 5) is 12.1.